The minimum absolute atomic E-state index is 0.311. The van der Waals surface area contributed by atoms with Crippen molar-refractivity contribution in [3.63, 3.8) is 0 Å². The minimum Gasteiger partial charge on any atom is -0.432 e. The molecular formula is C68H128O19. The molecule has 0 amide bonds. The van der Waals surface area contributed by atoms with Gasteiger partial charge in [0.2, 0.25) is 11.6 Å². The zero-order valence-electron chi connectivity index (χ0n) is 59.6. The second-order valence-corrected chi connectivity index (χ2v) is 28.5. The van der Waals surface area contributed by atoms with Crippen LogP contribution in [0.3, 0.4) is 0 Å². The number of hydrogen-bond donors (Lipinski definition) is 0. The van der Waals surface area contributed by atoms with Crippen molar-refractivity contribution in [3.8, 4) is 0 Å². The highest BCUT2D eigenvalue weighted by molar-refractivity contribution is 5.88. The van der Waals surface area contributed by atoms with E-state index < -0.39 is 46.7 Å². The number of rotatable bonds is 30. The summed E-state index contributed by atoms with van der Waals surface area (Å²) in [5, 5.41) is 0. The molecule has 2 fully saturated rings. The van der Waals surface area contributed by atoms with Crippen LogP contribution >= 0.6 is 0 Å². The number of carbonyl (C=O) groups excluding carboxylic acids is 3. The molecule has 0 spiro atoms. The van der Waals surface area contributed by atoms with Crippen LogP contribution in [0.2, 0.25) is 0 Å². The molecule has 2 aliphatic carbocycles. The van der Waals surface area contributed by atoms with E-state index in [4.69, 9.17) is 63.2 Å². The van der Waals surface area contributed by atoms with Gasteiger partial charge in [0.05, 0.1) is 41.2 Å². The van der Waals surface area contributed by atoms with Crippen LogP contribution < -0.4 is 0 Å². The van der Waals surface area contributed by atoms with Crippen molar-refractivity contribution >= 4 is 18.3 Å². The van der Waals surface area contributed by atoms with E-state index in [0.717, 1.165) is 122 Å². The van der Waals surface area contributed by atoms with E-state index in [1.807, 2.05) is 117 Å². The van der Waals surface area contributed by atoms with Crippen molar-refractivity contribution in [2.75, 3.05) is 13.2 Å². The number of benzene rings is 1. The Hall–Kier alpha value is -3.21. The lowest BCUT2D eigenvalue weighted by molar-refractivity contribution is -0.547. The van der Waals surface area contributed by atoms with E-state index >= 15 is 0 Å². The fourth-order valence-corrected chi connectivity index (χ4v) is 6.81. The average Bonchev–Trinajstić information content (AvgIpc) is 2.64. The summed E-state index contributed by atoms with van der Waals surface area (Å²) in [5.41, 5.74) is -2.30. The monoisotopic (exact) mass is 1250 g/mol. The third kappa shape index (κ3) is 48.3. The van der Waals surface area contributed by atoms with Crippen LogP contribution in [-0.2, 0) is 77.9 Å². The van der Waals surface area contributed by atoms with Crippen LogP contribution in [-0.4, -0.2) is 82.3 Å². The molecule has 0 bridgehead atoms. The lowest BCUT2D eigenvalue weighted by Gasteiger charge is -2.38. The van der Waals surface area contributed by atoms with Gasteiger partial charge in [-0.05, 0) is 206 Å². The van der Waals surface area contributed by atoms with Crippen LogP contribution in [0.4, 0.5) is 9.59 Å². The molecule has 0 heterocycles. The standard InChI is InChI=1S/C16H32O4.2C14H28O4.C13H26O4.C11H14O3/c1-7-14(3,4)17-19-16(12-10-9-11-13-16)20-18-15(5,6)8-2;1-12(2,3)15-17-14(10-8-7-9-11-14)18-16-13(4,5)6;1-6-9-10-12(7-2)11-16-13(15)17-18-14(4,5)8-3;1-6-8-9-11(7-2)10-15-12(14)16-17-13(3,4)5;1-11(2,3)14-13-10(12)9-7-5-4-6-8-9/h7-13H2,1-6H3;7-11H2,1-6H3;12H,6-11H2,1-5H3;11H,6-10H2,1-5H3;4-8H,1-3H3. The molecule has 2 atom stereocenters. The molecule has 19 heteroatoms. The zero-order chi connectivity index (χ0) is 67.1. The van der Waals surface area contributed by atoms with E-state index in [2.05, 4.69) is 56.2 Å². The van der Waals surface area contributed by atoms with Crippen molar-refractivity contribution in [1.29, 1.82) is 0 Å². The topological polar surface area (TPSA) is 199 Å². The number of carbonyl (C=O) groups is 3. The third-order valence-corrected chi connectivity index (χ3v) is 13.5. The summed E-state index contributed by atoms with van der Waals surface area (Å²) in [6.07, 6.45) is 19.8. The van der Waals surface area contributed by atoms with E-state index in [0.29, 0.717) is 30.6 Å². The Labute approximate surface area is 528 Å². The van der Waals surface area contributed by atoms with Crippen LogP contribution in [0.25, 0.3) is 0 Å². The van der Waals surface area contributed by atoms with Gasteiger partial charge in [-0.15, -0.1) is 0 Å². The van der Waals surface area contributed by atoms with Crippen molar-refractivity contribution < 1.29 is 92.3 Å². The molecule has 1 aromatic rings. The summed E-state index contributed by atoms with van der Waals surface area (Å²) in [6, 6.07) is 8.73. The molecule has 0 saturated heterocycles. The number of ether oxygens (including phenoxy) is 2. The van der Waals surface area contributed by atoms with Gasteiger partial charge >= 0.3 is 18.3 Å². The Morgan fingerprint density at radius 3 is 1.02 bits per heavy atom. The van der Waals surface area contributed by atoms with Crippen molar-refractivity contribution in [2.45, 2.75) is 359 Å². The van der Waals surface area contributed by atoms with Gasteiger partial charge in [-0.2, -0.15) is 34.2 Å². The average molecular weight is 1250 g/mol. The maximum absolute atomic E-state index is 11.3. The lowest BCUT2D eigenvalue weighted by atomic mass is 9.94. The van der Waals surface area contributed by atoms with Gasteiger partial charge < -0.3 is 9.47 Å². The molecule has 0 N–H and O–H groups in total. The van der Waals surface area contributed by atoms with Gasteiger partial charge in [0.15, 0.2) is 0 Å². The molecule has 3 rings (SSSR count). The molecule has 0 aliphatic heterocycles. The Kier molecular flexibility index (Phi) is 43.0. The predicted octanol–water partition coefficient (Wildman–Crippen LogP) is 20.2. The Balaban J connectivity index is 0. The summed E-state index contributed by atoms with van der Waals surface area (Å²) in [4.78, 5) is 107. The number of unbranched alkanes of at least 4 members (excludes halogenated alkanes) is 2. The van der Waals surface area contributed by atoms with E-state index in [-0.39, 0.29) is 22.4 Å². The molecule has 0 aromatic heterocycles. The molecule has 19 nitrogen and oxygen atoms in total. The van der Waals surface area contributed by atoms with Crippen molar-refractivity contribution in [1.82, 2.24) is 0 Å². The largest absolute Gasteiger partial charge is 0.540 e. The first-order chi connectivity index (χ1) is 40.2. The maximum Gasteiger partial charge on any atom is 0.540 e. The van der Waals surface area contributed by atoms with Gasteiger partial charge in [0, 0.05) is 25.7 Å². The molecule has 2 saturated carbocycles. The Morgan fingerprint density at radius 1 is 0.402 bits per heavy atom. The highest BCUT2D eigenvalue weighted by Crippen LogP contribution is 2.37. The van der Waals surface area contributed by atoms with Gasteiger partial charge in [-0.1, -0.05) is 118 Å². The normalized spacial score (nSPS) is 16.1. The molecule has 1 aromatic carbocycles. The minimum atomic E-state index is -0.755. The first-order valence-electron chi connectivity index (χ1n) is 32.7. The third-order valence-electron chi connectivity index (χ3n) is 13.5. The fourth-order valence-electron chi connectivity index (χ4n) is 6.81. The van der Waals surface area contributed by atoms with Gasteiger partial charge in [0.1, 0.15) is 16.8 Å². The van der Waals surface area contributed by atoms with E-state index in [1.165, 1.54) is 12.8 Å². The van der Waals surface area contributed by atoms with Gasteiger partial charge in [-0.25, -0.2) is 33.9 Å². The van der Waals surface area contributed by atoms with Crippen LogP contribution in [0.1, 0.15) is 318 Å². The highest BCUT2D eigenvalue weighted by atomic mass is 17.3. The second kappa shape index (κ2) is 43.5. The van der Waals surface area contributed by atoms with Gasteiger partial charge in [-0.3, -0.25) is 14.7 Å². The Bertz CT molecular complexity index is 1840. The lowest BCUT2D eigenvalue weighted by Crippen LogP contribution is -2.43. The summed E-state index contributed by atoms with van der Waals surface area (Å²) in [6.45, 7) is 49.8. The van der Waals surface area contributed by atoms with Crippen LogP contribution in [0, 0.1) is 11.8 Å². The second-order valence-electron chi connectivity index (χ2n) is 28.5. The number of hydrogen-bond acceptors (Lipinski definition) is 19. The zero-order valence-corrected chi connectivity index (χ0v) is 59.6. The molecule has 2 aliphatic rings. The van der Waals surface area contributed by atoms with Crippen molar-refractivity contribution in [2.24, 2.45) is 11.8 Å². The quantitative estimate of drug-likeness (QED) is 0.0304. The smallest absolute Gasteiger partial charge is 0.432 e. The Morgan fingerprint density at radius 2 is 0.713 bits per heavy atom. The summed E-state index contributed by atoms with van der Waals surface area (Å²) >= 11 is 0. The SMILES string of the molecule is CC(C)(C)OOC(=O)c1ccccc1.CC(C)(C)OOC1(OOC(C)(C)C)CCCCC1.CCC(C)(C)OOC1(OOC(C)(C)CC)CCCCC1.CCCCC(CC)COC(=O)OOC(C)(C)C.CCCCC(CC)COC(=O)OOC(C)(C)CC. The highest BCUT2D eigenvalue weighted by Gasteiger charge is 2.42. The first-order valence-corrected chi connectivity index (χ1v) is 32.7. The van der Waals surface area contributed by atoms with Gasteiger partial charge in [0.25, 0.3) is 0 Å². The molecule has 2 unspecified atom stereocenters. The summed E-state index contributed by atoms with van der Waals surface area (Å²) in [5.74, 6) is -1.15. The molecule has 0 radical (unpaired) electrons. The molecular weight excluding hydrogens is 1120 g/mol. The summed E-state index contributed by atoms with van der Waals surface area (Å²) in [7, 11) is 0. The molecule has 87 heavy (non-hydrogen) atoms. The fraction of sp³-hybridized carbons (Fsp3) is 0.868. The van der Waals surface area contributed by atoms with Crippen LogP contribution in [0.5, 0.6) is 0 Å². The van der Waals surface area contributed by atoms with Crippen LogP contribution in [0.15, 0.2) is 30.3 Å². The molecule has 514 valence electrons. The first kappa shape index (κ1) is 85.9. The van der Waals surface area contributed by atoms with E-state index in [1.54, 1.807) is 45.0 Å². The summed E-state index contributed by atoms with van der Waals surface area (Å²) < 4.78 is 10.0. The maximum atomic E-state index is 11.3. The van der Waals surface area contributed by atoms with E-state index in [9.17, 15) is 14.4 Å². The predicted molar refractivity (Wildman–Crippen MR) is 339 cm³/mol. The van der Waals surface area contributed by atoms with Crippen molar-refractivity contribution in [3.05, 3.63) is 35.9 Å².